The van der Waals surface area contributed by atoms with Crippen LogP contribution in [-0.2, 0) is 4.57 Å². The minimum absolute atomic E-state index is 0.0474. The van der Waals surface area contributed by atoms with Crippen LogP contribution in [0.5, 0.6) is 5.75 Å². The van der Waals surface area contributed by atoms with Gasteiger partial charge in [-0.25, -0.2) is 4.98 Å². The number of hydrogen-bond donors (Lipinski definition) is 2. The van der Waals surface area contributed by atoms with E-state index >= 15 is 0 Å². The number of para-hydroxylation sites is 1. The normalized spacial score (nSPS) is 14.3. The zero-order valence-electron chi connectivity index (χ0n) is 22.1. The van der Waals surface area contributed by atoms with Crippen molar-refractivity contribution in [3.63, 3.8) is 0 Å². The van der Waals surface area contributed by atoms with E-state index in [-0.39, 0.29) is 6.61 Å². The smallest absolute Gasteiger partial charge is 0.229 e. The molecule has 0 bridgehead atoms. The van der Waals surface area contributed by atoms with E-state index in [1.54, 1.807) is 13.3 Å². The Balaban J connectivity index is 1.56. The number of hydrogen-bond acceptors (Lipinski definition) is 9. The summed E-state index contributed by atoms with van der Waals surface area (Å²) in [6, 6.07) is 15.8. The number of nitrogens with zero attached hydrogens (tertiary/aromatic N) is 5. The Kier molecular flexibility index (Phi) is 8.78. The van der Waals surface area contributed by atoms with E-state index < -0.39 is 7.14 Å². The van der Waals surface area contributed by atoms with E-state index in [2.05, 4.69) is 50.6 Å². The fourth-order valence-electron chi connectivity index (χ4n) is 4.52. The quantitative estimate of drug-likeness (QED) is 0.341. The van der Waals surface area contributed by atoms with Crippen LogP contribution >= 0.6 is 18.7 Å². The van der Waals surface area contributed by atoms with Crippen LogP contribution in [0.1, 0.15) is 12.8 Å². The van der Waals surface area contributed by atoms with E-state index in [0.717, 1.165) is 31.6 Å². The number of benzene rings is 2. The molecule has 4 rings (SSSR count). The molecule has 9 nitrogen and oxygen atoms in total. The standard InChI is InChI=1S/C27H33ClN7O2P/c1-34(2)20-11-14-35(15-12-20)23-10-9-19(17-24(23)37-16-13-29)31-27-30-18-21(28)26(33-27)32-22-7-5-6-8-25(22)38(3,4)36/h5-10,17-18,20H,11-12,14-16H2,1-4H3,(H2,30,31,32,33). The highest BCUT2D eigenvalue weighted by molar-refractivity contribution is 7.70. The lowest BCUT2D eigenvalue weighted by atomic mass is 10.0. The van der Waals surface area contributed by atoms with Crippen LogP contribution in [0, 0.1) is 11.3 Å². The van der Waals surface area contributed by atoms with Gasteiger partial charge < -0.3 is 29.7 Å². The molecule has 0 radical (unpaired) electrons. The Hall–Kier alpha value is -3.31. The van der Waals surface area contributed by atoms with Crippen LogP contribution < -0.4 is 25.6 Å². The number of rotatable bonds is 9. The molecular weight excluding hydrogens is 521 g/mol. The molecule has 2 N–H and O–H groups in total. The van der Waals surface area contributed by atoms with Crippen molar-refractivity contribution in [3.8, 4) is 11.8 Å². The molecule has 200 valence electrons. The maximum atomic E-state index is 12.8. The predicted molar refractivity (Wildman–Crippen MR) is 156 cm³/mol. The Bertz CT molecular complexity index is 1360. The summed E-state index contributed by atoms with van der Waals surface area (Å²) in [6.45, 7) is 5.23. The van der Waals surface area contributed by atoms with E-state index in [1.165, 1.54) is 6.20 Å². The predicted octanol–water partition coefficient (Wildman–Crippen LogP) is 5.30. The number of aromatic nitrogens is 2. The SMILES string of the molecule is CN(C)C1CCN(c2ccc(Nc3ncc(Cl)c(Nc4ccccc4P(C)(C)=O)n3)cc2OCC#N)CC1. The van der Waals surface area contributed by atoms with E-state index in [4.69, 9.17) is 21.6 Å². The second kappa shape index (κ2) is 12.0. The summed E-state index contributed by atoms with van der Waals surface area (Å²) in [5.74, 6) is 1.35. The molecule has 1 aromatic heterocycles. The molecule has 38 heavy (non-hydrogen) atoms. The number of halogens is 1. The average Bonchev–Trinajstić information content (AvgIpc) is 2.89. The summed E-state index contributed by atoms with van der Waals surface area (Å²) >= 11 is 6.39. The molecule has 3 aromatic rings. The lowest BCUT2D eigenvalue weighted by molar-refractivity contribution is 0.249. The van der Waals surface area contributed by atoms with Gasteiger partial charge in [-0.3, -0.25) is 0 Å². The third-order valence-electron chi connectivity index (χ3n) is 6.53. The van der Waals surface area contributed by atoms with Crippen molar-refractivity contribution >= 4 is 52.9 Å². The third kappa shape index (κ3) is 6.76. The van der Waals surface area contributed by atoms with Gasteiger partial charge in [0, 0.05) is 36.2 Å². The van der Waals surface area contributed by atoms with Crippen molar-refractivity contribution in [3.05, 3.63) is 53.7 Å². The highest BCUT2D eigenvalue weighted by Crippen LogP contribution is 2.39. The average molecular weight is 554 g/mol. The number of piperidine rings is 1. The van der Waals surface area contributed by atoms with Crippen molar-refractivity contribution < 1.29 is 9.30 Å². The van der Waals surface area contributed by atoms with Gasteiger partial charge in [0.1, 0.15) is 24.0 Å². The monoisotopic (exact) mass is 553 g/mol. The minimum atomic E-state index is -2.52. The van der Waals surface area contributed by atoms with Crippen LogP contribution in [0.3, 0.4) is 0 Å². The largest absolute Gasteiger partial charge is 0.476 e. The second-order valence-corrected chi connectivity index (χ2v) is 13.4. The van der Waals surface area contributed by atoms with Gasteiger partial charge in [0.15, 0.2) is 12.4 Å². The third-order valence-corrected chi connectivity index (χ3v) is 8.35. The van der Waals surface area contributed by atoms with Crippen LogP contribution in [0.4, 0.5) is 28.8 Å². The Morgan fingerprint density at radius 1 is 1.18 bits per heavy atom. The number of nitrogens with one attached hydrogen (secondary N) is 2. The minimum Gasteiger partial charge on any atom is -0.476 e. The van der Waals surface area contributed by atoms with Crippen LogP contribution in [0.15, 0.2) is 48.7 Å². The first-order valence-corrected chi connectivity index (χ1v) is 15.4. The van der Waals surface area contributed by atoms with Crippen molar-refractivity contribution in [2.24, 2.45) is 0 Å². The van der Waals surface area contributed by atoms with Crippen molar-refractivity contribution in [2.75, 3.05) is 62.7 Å². The molecule has 1 saturated heterocycles. The van der Waals surface area contributed by atoms with Gasteiger partial charge in [-0.15, -0.1) is 0 Å². The van der Waals surface area contributed by atoms with E-state index in [0.29, 0.717) is 45.3 Å². The first-order chi connectivity index (χ1) is 18.2. The molecule has 1 aliphatic rings. The first-order valence-electron chi connectivity index (χ1n) is 12.4. The maximum Gasteiger partial charge on any atom is 0.229 e. The number of anilines is 5. The van der Waals surface area contributed by atoms with Gasteiger partial charge in [-0.1, -0.05) is 23.7 Å². The van der Waals surface area contributed by atoms with Crippen molar-refractivity contribution in [1.29, 1.82) is 5.26 Å². The molecule has 1 aliphatic heterocycles. The van der Waals surface area contributed by atoms with Crippen molar-refractivity contribution in [2.45, 2.75) is 18.9 Å². The fourth-order valence-corrected chi connectivity index (χ4v) is 5.82. The Morgan fingerprint density at radius 2 is 1.92 bits per heavy atom. The van der Waals surface area contributed by atoms with Gasteiger partial charge in [0.05, 0.1) is 17.6 Å². The van der Waals surface area contributed by atoms with Crippen LogP contribution in [0.2, 0.25) is 5.02 Å². The Morgan fingerprint density at radius 3 is 2.61 bits per heavy atom. The van der Waals surface area contributed by atoms with E-state index in [1.807, 2.05) is 42.5 Å². The molecule has 11 heteroatoms. The molecule has 2 aromatic carbocycles. The summed E-state index contributed by atoms with van der Waals surface area (Å²) in [4.78, 5) is 13.4. The highest BCUT2D eigenvalue weighted by atomic mass is 35.5. The van der Waals surface area contributed by atoms with Gasteiger partial charge in [-0.2, -0.15) is 10.2 Å². The van der Waals surface area contributed by atoms with Gasteiger partial charge in [0.25, 0.3) is 0 Å². The lowest BCUT2D eigenvalue weighted by Gasteiger charge is -2.37. The number of ether oxygens (including phenoxy) is 1. The van der Waals surface area contributed by atoms with Gasteiger partial charge >= 0.3 is 0 Å². The summed E-state index contributed by atoms with van der Waals surface area (Å²) in [7, 11) is 1.71. The Labute approximate surface area is 229 Å². The molecule has 1 fully saturated rings. The molecule has 0 saturated carbocycles. The van der Waals surface area contributed by atoms with Crippen LogP contribution in [-0.4, -0.2) is 68.0 Å². The molecule has 0 amide bonds. The molecule has 0 spiro atoms. The van der Waals surface area contributed by atoms with Crippen molar-refractivity contribution in [1.82, 2.24) is 14.9 Å². The molecule has 2 heterocycles. The molecule has 0 aliphatic carbocycles. The second-order valence-electron chi connectivity index (χ2n) is 9.82. The maximum absolute atomic E-state index is 12.8. The fraction of sp³-hybridized carbons (Fsp3) is 0.370. The zero-order valence-corrected chi connectivity index (χ0v) is 23.8. The zero-order chi connectivity index (χ0) is 27.3. The molecule has 0 unspecified atom stereocenters. The molecular formula is C27H33ClN7O2P. The topological polar surface area (TPSA) is 106 Å². The van der Waals surface area contributed by atoms with E-state index in [9.17, 15) is 4.57 Å². The summed E-state index contributed by atoms with van der Waals surface area (Å²) in [5, 5.41) is 16.6. The summed E-state index contributed by atoms with van der Waals surface area (Å²) < 4.78 is 18.6. The lowest BCUT2D eigenvalue weighted by Crippen LogP contribution is -2.42. The summed E-state index contributed by atoms with van der Waals surface area (Å²) in [6.07, 6.45) is 3.64. The summed E-state index contributed by atoms with van der Waals surface area (Å²) in [5.41, 5.74) is 2.36. The first kappa shape index (κ1) is 27.7. The molecule has 0 atom stereocenters. The number of nitriles is 1. The highest BCUT2D eigenvalue weighted by Gasteiger charge is 2.23. The van der Waals surface area contributed by atoms with Gasteiger partial charge in [-0.05, 0) is 64.5 Å². The van der Waals surface area contributed by atoms with Gasteiger partial charge in [0.2, 0.25) is 5.95 Å². The van der Waals surface area contributed by atoms with Crippen LogP contribution in [0.25, 0.3) is 0 Å².